The van der Waals surface area contributed by atoms with E-state index < -0.39 is 0 Å². The van der Waals surface area contributed by atoms with Gasteiger partial charge in [0.05, 0.1) is 12.8 Å². The van der Waals surface area contributed by atoms with Crippen LogP contribution in [-0.2, 0) is 9.59 Å². The molecule has 2 amide bonds. The van der Waals surface area contributed by atoms with Crippen molar-refractivity contribution in [1.29, 1.82) is 0 Å². The number of rotatable bonds is 10. The van der Waals surface area contributed by atoms with Crippen LogP contribution < -0.4 is 20.7 Å². The van der Waals surface area contributed by atoms with Gasteiger partial charge in [-0.15, -0.1) is 0 Å². The lowest BCUT2D eigenvalue weighted by molar-refractivity contribution is -0.692. The third kappa shape index (κ3) is 7.10. The van der Waals surface area contributed by atoms with Crippen LogP contribution in [0.25, 0.3) is 0 Å². The first-order valence-corrected chi connectivity index (χ1v) is 10.9. The zero-order valence-electron chi connectivity index (χ0n) is 19.5. The van der Waals surface area contributed by atoms with Gasteiger partial charge in [0.1, 0.15) is 11.8 Å². The Morgan fingerprint density at radius 1 is 1.00 bits per heavy atom. The van der Waals surface area contributed by atoms with Crippen molar-refractivity contribution < 1.29 is 19.6 Å². The molecule has 2 rings (SSSR count). The molecule has 31 heavy (non-hydrogen) atoms. The fourth-order valence-electron chi connectivity index (χ4n) is 3.60. The summed E-state index contributed by atoms with van der Waals surface area (Å²) in [5, 5.41) is 7.70. The predicted molar refractivity (Wildman–Crippen MR) is 125 cm³/mol. The maximum atomic E-state index is 12.7. The van der Waals surface area contributed by atoms with Crippen LogP contribution in [0.5, 0.6) is 5.75 Å². The molecule has 2 aromatic carbocycles. The number of hydrogen-bond acceptors (Lipinski definition) is 3. The molecule has 0 radical (unpaired) electrons. The summed E-state index contributed by atoms with van der Waals surface area (Å²) in [4.78, 5) is 24.0. The average molecular weight is 427 g/mol. The van der Waals surface area contributed by atoms with Crippen molar-refractivity contribution in [3.63, 3.8) is 0 Å². The SMILES string of the molecule is CC[C@H](C)c1ccc([C@H]([NH2+]CC(=O)Nc2cc(NC(C)=O)ccc2OC)C(C)C)cc1. The van der Waals surface area contributed by atoms with E-state index in [0.29, 0.717) is 29.0 Å². The van der Waals surface area contributed by atoms with Gasteiger partial charge >= 0.3 is 0 Å². The van der Waals surface area contributed by atoms with E-state index in [9.17, 15) is 9.59 Å². The normalized spacial score (nSPS) is 12.9. The first kappa shape index (κ1) is 24.4. The Hall–Kier alpha value is -2.86. The highest BCUT2D eigenvalue weighted by molar-refractivity contribution is 5.95. The second kappa shape index (κ2) is 11.5. The molecular formula is C25H36N3O3+. The van der Waals surface area contributed by atoms with Gasteiger partial charge < -0.3 is 20.7 Å². The maximum Gasteiger partial charge on any atom is 0.279 e. The van der Waals surface area contributed by atoms with E-state index in [4.69, 9.17) is 4.74 Å². The minimum Gasteiger partial charge on any atom is -0.495 e. The molecule has 0 bridgehead atoms. The molecule has 2 aromatic rings. The lowest BCUT2D eigenvalue weighted by atomic mass is 9.92. The Bertz CT molecular complexity index is 878. The van der Waals surface area contributed by atoms with E-state index in [-0.39, 0.29) is 24.4 Å². The molecule has 6 heteroatoms. The second-order valence-electron chi connectivity index (χ2n) is 8.33. The van der Waals surface area contributed by atoms with E-state index in [1.165, 1.54) is 18.1 Å². The number of benzene rings is 2. The van der Waals surface area contributed by atoms with Crippen LogP contribution in [0, 0.1) is 5.92 Å². The fraction of sp³-hybridized carbons (Fsp3) is 0.440. The van der Waals surface area contributed by atoms with Crippen LogP contribution >= 0.6 is 0 Å². The Labute approximate surface area is 185 Å². The molecule has 4 N–H and O–H groups in total. The molecule has 0 aliphatic carbocycles. The zero-order valence-corrected chi connectivity index (χ0v) is 19.5. The topological polar surface area (TPSA) is 84.0 Å². The molecule has 6 nitrogen and oxygen atoms in total. The number of quaternary nitrogens is 1. The predicted octanol–water partition coefficient (Wildman–Crippen LogP) is 4.07. The molecule has 0 unspecified atom stereocenters. The summed E-state index contributed by atoms with van der Waals surface area (Å²) in [6.07, 6.45) is 1.12. The second-order valence-corrected chi connectivity index (χ2v) is 8.33. The van der Waals surface area contributed by atoms with Crippen LogP contribution in [0.3, 0.4) is 0 Å². The minimum atomic E-state index is -0.171. The fourth-order valence-corrected chi connectivity index (χ4v) is 3.60. The third-order valence-electron chi connectivity index (χ3n) is 5.57. The zero-order chi connectivity index (χ0) is 23.0. The highest BCUT2D eigenvalue weighted by Crippen LogP contribution is 2.28. The molecule has 0 spiro atoms. The van der Waals surface area contributed by atoms with Crippen LogP contribution in [0.2, 0.25) is 0 Å². The monoisotopic (exact) mass is 426 g/mol. The number of nitrogens with one attached hydrogen (secondary N) is 2. The quantitative estimate of drug-likeness (QED) is 0.535. The number of carbonyl (C=O) groups excluding carboxylic acids is 2. The van der Waals surface area contributed by atoms with Crippen molar-refractivity contribution in [2.24, 2.45) is 5.92 Å². The number of methoxy groups -OCH3 is 1. The van der Waals surface area contributed by atoms with Crippen molar-refractivity contribution in [2.45, 2.75) is 53.0 Å². The highest BCUT2D eigenvalue weighted by Gasteiger charge is 2.21. The maximum absolute atomic E-state index is 12.7. The van der Waals surface area contributed by atoms with Gasteiger partial charge in [0.25, 0.3) is 5.91 Å². The molecule has 0 aliphatic rings. The van der Waals surface area contributed by atoms with Crippen LogP contribution in [0.15, 0.2) is 42.5 Å². The van der Waals surface area contributed by atoms with Gasteiger partial charge in [0.15, 0.2) is 6.54 Å². The summed E-state index contributed by atoms with van der Waals surface area (Å²) in [6.45, 7) is 10.5. The summed E-state index contributed by atoms with van der Waals surface area (Å²) < 4.78 is 5.34. The van der Waals surface area contributed by atoms with E-state index in [1.807, 2.05) is 0 Å². The minimum absolute atomic E-state index is 0.125. The number of amides is 2. The molecular weight excluding hydrogens is 390 g/mol. The van der Waals surface area contributed by atoms with Gasteiger partial charge in [-0.1, -0.05) is 52.0 Å². The molecule has 0 aliphatic heterocycles. The smallest absolute Gasteiger partial charge is 0.279 e. The van der Waals surface area contributed by atoms with Crippen molar-refractivity contribution in [2.75, 3.05) is 24.3 Å². The Morgan fingerprint density at radius 2 is 1.65 bits per heavy atom. The van der Waals surface area contributed by atoms with Crippen LogP contribution in [-0.4, -0.2) is 25.5 Å². The molecule has 0 saturated carbocycles. The summed E-state index contributed by atoms with van der Waals surface area (Å²) in [6, 6.07) is 14.1. The van der Waals surface area contributed by atoms with Gasteiger partial charge in [-0.25, -0.2) is 0 Å². The van der Waals surface area contributed by atoms with Gasteiger partial charge in [-0.05, 0) is 36.1 Å². The number of anilines is 2. The highest BCUT2D eigenvalue weighted by atomic mass is 16.5. The van der Waals surface area contributed by atoms with Gasteiger partial charge in [0, 0.05) is 24.1 Å². The largest absolute Gasteiger partial charge is 0.495 e. The lowest BCUT2D eigenvalue weighted by Gasteiger charge is -2.20. The molecule has 0 fully saturated rings. The van der Waals surface area contributed by atoms with E-state index in [2.05, 4.69) is 67.9 Å². The van der Waals surface area contributed by atoms with Crippen molar-refractivity contribution in [1.82, 2.24) is 0 Å². The van der Waals surface area contributed by atoms with E-state index in [1.54, 1.807) is 25.3 Å². The summed E-state index contributed by atoms with van der Waals surface area (Å²) in [5.41, 5.74) is 3.71. The number of carbonyl (C=O) groups is 2. The third-order valence-corrected chi connectivity index (χ3v) is 5.57. The van der Waals surface area contributed by atoms with E-state index in [0.717, 1.165) is 6.42 Å². The standard InChI is InChI=1S/C25H35N3O3/c1-7-17(4)19-8-10-20(11-9-19)25(16(2)3)26-15-24(30)28-22-14-21(27-18(5)29)12-13-23(22)31-6/h8-14,16-17,25-26H,7,15H2,1-6H3,(H,27,29)(H,28,30)/p+1/t17-,25+/m0/s1. The molecule has 0 heterocycles. The van der Waals surface area contributed by atoms with Crippen molar-refractivity contribution in [3.05, 3.63) is 53.6 Å². The summed E-state index contributed by atoms with van der Waals surface area (Å²) in [5.74, 6) is 1.17. The number of ether oxygens (including phenoxy) is 1. The first-order valence-electron chi connectivity index (χ1n) is 10.9. The molecule has 2 atom stereocenters. The van der Waals surface area contributed by atoms with Gasteiger partial charge in [-0.2, -0.15) is 0 Å². The Morgan fingerprint density at radius 3 is 2.19 bits per heavy atom. The number of hydrogen-bond donors (Lipinski definition) is 3. The average Bonchev–Trinajstić information content (AvgIpc) is 2.73. The molecule has 0 aromatic heterocycles. The molecule has 168 valence electrons. The van der Waals surface area contributed by atoms with Gasteiger partial charge in [-0.3, -0.25) is 9.59 Å². The van der Waals surface area contributed by atoms with Crippen molar-refractivity contribution >= 4 is 23.2 Å². The van der Waals surface area contributed by atoms with Crippen LogP contribution in [0.4, 0.5) is 11.4 Å². The van der Waals surface area contributed by atoms with Gasteiger partial charge in [0.2, 0.25) is 5.91 Å². The molecule has 0 saturated heterocycles. The summed E-state index contributed by atoms with van der Waals surface area (Å²) in [7, 11) is 1.55. The summed E-state index contributed by atoms with van der Waals surface area (Å²) >= 11 is 0. The van der Waals surface area contributed by atoms with Crippen molar-refractivity contribution in [3.8, 4) is 5.75 Å². The van der Waals surface area contributed by atoms with E-state index >= 15 is 0 Å². The Balaban J connectivity index is 2.06. The van der Waals surface area contributed by atoms with Crippen LogP contribution in [0.1, 0.15) is 64.1 Å². The Kier molecular flexibility index (Phi) is 9.06. The first-order chi connectivity index (χ1) is 14.7. The number of nitrogens with two attached hydrogens (primary N) is 1. The lowest BCUT2D eigenvalue weighted by Crippen LogP contribution is -2.88.